The summed E-state index contributed by atoms with van der Waals surface area (Å²) in [7, 11) is 0. The summed E-state index contributed by atoms with van der Waals surface area (Å²) in [6.45, 7) is 4.13. The van der Waals surface area contributed by atoms with Gasteiger partial charge < -0.3 is 9.47 Å². The molecule has 0 N–H and O–H groups in total. The maximum Gasteiger partial charge on any atom is 0.509 e. The lowest BCUT2D eigenvalue weighted by Gasteiger charge is -2.09. The maximum absolute atomic E-state index is 11.0. The Morgan fingerprint density at radius 1 is 1.25 bits per heavy atom. The number of rotatable bonds is 8. The molecule has 4 heteroatoms. The summed E-state index contributed by atoms with van der Waals surface area (Å²) in [6.07, 6.45) is 4.77. The Morgan fingerprint density at radius 3 is 2.50 bits per heavy atom. The van der Waals surface area contributed by atoms with Crippen LogP contribution in [0.5, 0.6) is 0 Å². The van der Waals surface area contributed by atoms with Crippen LogP contribution in [0.4, 0.5) is 4.79 Å². The van der Waals surface area contributed by atoms with Gasteiger partial charge in [-0.15, -0.1) is 0 Å². The van der Waals surface area contributed by atoms with Crippen molar-refractivity contribution in [1.29, 1.82) is 5.26 Å². The minimum Gasteiger partial charge on any atom is -0.435 e. The second-order valence-electron chi connectivity index (χ2n) is 3.62. The minimum absolute atomic E-state index is 0.271. The fraction of sp³-hybridized carbons (Fsp3) is 0.833. The molecule has 0 saturated heterocycles. The molecule has 0 amide bonds. The molecule has 0 saturated carbocycles. The van der Waals surface area contributed by atoms with E-state index < -0.39 is 12.3 Å². The Balaban J connectivity index is 3.60. The first-order valence-corrected chi connectivity index (χ1v) is 5.97. The first-order chi connectivity index (χ1) is 7.74. The van der Waals surface area contributed by atoms with Crippen LogP contribution in [0.25, 0.3) is 0 Å². The van der Waals surface area contributed by atoms with Crippen LogP contribution in [0.2, 0.25) is 0 Å². The summed E-state index contributed by atoms with van der Waals surface area (Å²) in [5, 5.41) is 8.76. The Labute approximate surface area is 97.5 Å². The van der Waals surface area contributed by atoms with E-state index in [1.54, 1.807) is 6.92 Å². The number of hydrogen-bond donors (Lipinski definition) is 0. The number of hydrogen-bond acceptors (Lipinski definition) is 4. The van der Waals surface area contributed by atoms with Gasteiger partial charge >= 0.3 is 6.16 Å². The average Bonchev–Trinajstić information content (AvgIpc) is 2.27. The maximum atomic E-state index is 11.0. The van der Waals surface area contributed by atoms with Gasteiger partial charge in [0.1, 0.15) is 6.07 Å². The summed E-state index contributed by atoms with van der Waals surface area (Å²) in [6, 6.07) is 1.96. The first-order valence-electron chi connectivity index (χ1n) is 5.97. The number of carbonyl (C=O) groups is 1. The van der Waals surface area contributed by atoms with Crippen LogP contribution in [0.15, 0.2) is 0 Å². The molecule has 0 fully saturated rings. The molecule has 0 aliphatic rings. The van der Waals surface area contributed by atoms with Crippen LogP contribution in [0, 0.1) is 11.3 Å². The van der Waals surface area contributed by atoms with E-state index in [2.05, 4.69) is 11.7 Å². The summed E-state index contributed by atoms with van der Waals surface area (Å²) in [5.41, 5.74) is 0. The van der Waals surface area contributed by atoms with Crippen LogP contribution in [0.3, 0.4) is 0 Å². The molecule has 0 aromatic rings. The highest BCUT2D eigenvalue weighted by Crippen LogP contribution is 2.09. The van der Waals surface area contributed by atoms with E-state index in [-0.39, 0.29) is 6.61 Å². The van der Waals surface area contributed by atoms with Crippen molar-refractivity contribution < 1.29 is 14.3 Å². The molecule has 0 spiro atoms. The molecule has 0 bridgehead atoms. The minimum atomic E-state index is -0.748. The molecular weight excluding hydrogens is 206 g/mol. The third-order valence-corrected chi connectivity index (χ3v) is 2.21. The zero-order valence-electron chi connectivity index (χ0n) is 10.2. The standard InChI is InChI=1S/C12H21NO3/c1-3-5-6-7-8-9-11(10-13)16-12(14)15-4-2/h11H,3-9H2,1-2H3. The van der Waals surface area contributed by atoms with Gasteiger partial charge in [0.15, 0.2) is 6.10 Å². The van der Waals surface area contributed by atoms with Crippen LogP contribution >= 0.6 is 0 Å². The molecule has 0 heterocycles. The lowest BCUT2D eigenvalue weighted by Crippen LogP contribution is -2.17. The molecule has 0 aromatic carbocycles. The van der Waals surface area contributed by atoms with Crippen LogP contribution < -0.4 is 0 Å². The smallest absolute Gasteiger partial charge is 0.435 e. The van der Waals surface area contributed by atoms with Gasteiger partial charge in [-0.2, -0.15) is 5.26 Å². The van der Waals surface area contributed by atoms with Gasteiger partial charge in [-0.3, -0.25) is 0 Å². The van der Waals surface area contributed by atoms with Gasteiger partial charge in [0.2, 0.25) is 0 Å². The molecule has 0 aliphatic carbocycles. The molecule has 1 atom stereocenters. The summed E-state index contributed by atoms with van der Waals surface area (Å²) in [4.78, 5) is 11.0. The van der Waals surface area contributed by atoms with Crippen molar-refractivity contribution in [2.45, 2.75) is 58.5 Å². The van der Waals surface area contributed by atoms with Crippen molar-refractivity contribution in [3.05, 3.63) is 0 Å². The van der Waals surface area contributed by atoms with Crippen molar-refractivity contribution in [3.8, 4) is 6.07 Å². The fourth-order valence-electron chi connectivity index (χ4n) is 1.35. The fourth-order valence-corrected chi connectivity index (χ4v) is 1.35. The number of ether oxygens (including phenoxy) is 2. The Bertz CT molecular complexity index is 223. The zero-order valence-corrected chi connectivity index (χ0v) is 10.2. The van der Waals surface area contributed by atoms with Crippen molar-refractivity contribution in [3.63, 3.8) is 0 Å². The highest BCUT2D eigenvalue weighted by Gasteiger charge is 2.13. The van der Waals surface area contributed by atoms with Crippen molar-refractivity contribution in [2.75, 3.05) is 6.61 Å². The predicted molar refractivity (Wildman–Crippen MR) is 60.9 cm³/mol. The van der Waals surface area contributed by atoms with Gasteiger partial charge in [0.25, 0.3) is 0 Å². The summed E-state index contributed by atoms with van der Waals surface area (Å²) < 4.78 is 9.43. The van der Waals surface area contributed by atoms with Crippen molar-refractivity contribution in [1.82, 2.24) is 0 Å². The first kappa shape index (κ1) is 14.8. The van der Waals surface area contributed by atoms with Gasteiger partial charge in [0.05, 0.1) is 6.61 Å². The lowest BCUT2D eigenvalue weighted by molar-refractivity contribution is 0.0396. The number of nitriles is 1. The lowest BCUT2D eigenvalue weighted by atomic mass is 10.1. The van der Waals surface area contributed by atoms with Gasteiger partial charge in [-0.1, -0.05) is 32.6 Å². The Kier molecular flexibility index (Phi) is 9.49. The Hall–Kier alpha value is -1.24. The molecule has 16 heavy (non-hydrogen) atoms. The van der Waals surface area contributed by atoms with Gasteiger partial charge in [0, 0.05) is 0 Å². The van der Waals surface area contributed by atoms with E-state index in [1.165, 1.54) is 19.3 Å². The van der Waals surface area contributed by atoms with Crippen molar-refractivity contribution in [2.24, 2.45) is 0 Å². The number of nitrogens with zero attached hydrogens (tertiary/aromatic N) is 1. The zero-order chi connectivity index (χ0) is 12.2. The van der Waals surface area contributed by atoms with E-state index in [9.17, 15) is 4.79 Å². The third kappa shape index (κ3) is 8.10. The van der Waals surface area contributed by atoms with Crippen LogP contribution in [-0.2, 0) is 9.47 Å². The SMILES string of the molecule is CCCCCCCC(C#N)OC(=O)OCC. The third-order valence-electron chi connectivity index (χ3n) is 2.21. The van der Waals surface area contributed by atoms with E-state index in [4.69, 9.17) is 10.00 Å². The van der Waals surface area contributed by atoms with Crippen LogP contribution in [0.1, 0.15) is 52.4 Å². The quantitative estimate of drug-likeness (QED) is 0.471. The summed E-state index contributed by atoms with van der Waals surface area (Å²) in [5.74, 6) is 0. The Morgan fingerprint density at radius 2 is 1.94 bits per heavy atom. The molecule has 0 rings (SSSR count). The van der Waals surface area contributed by atoms with Crippen molar-refractivity contribution >= 4 is 6.16 Å². The molecule has 92 valence electrons. The summed E-state index contributed by atoms with van der Waals surface area (Å²) >= 11 is 0. The van der Waals surface area contributed by atoms with E-state index >= 15 is 0 Å². The molecule has 0 radical (unpaired) electrons. The van der Waals surface area contributed by atoms with E-state index in [0.717, 1.165) is 12.8 Å². The predicted octanol–water partition coefficient (Wildman–Crippen LogP) is 3.41. The molecule has 0 aromatic heterocycles. The van der Waals surface area contributed by atoms with Crippen LogP contribution in [-0.4, -0.2) is 18.9 Å². The molecule has 4 nitrogen and oxygen atoms in total. The largest absolute Gasteiger partial charge is 0.509 e. The van der Waals surface area contributed by atoms with Gasteiger partial charge in [-0.05, 0) is 19.8 Å². The average molecular weight is 227 g/mol. The van der Waals surface area contributed by atoms with E-state index in [0.29, 0.717) is 6.42 Å². The normalized spacial score (nSPS) is 11.6. The second kappa shape index (κ2) is 10.3. The molecule has 1 unspecified atom stereocenters. The number of unbranched alkanes of at least 4 members (excludes halogenated alkanes) is 4. The monoisotopic (exact) mass is 227 g/mol. The van der Waals surface area contributed by atoms with E-state index in [1.807, 2.05) is 6.07 Å². The highest BCUT2D eigenvalue weighted by molar-refractivity contribution is 5.60. The highest BCUT2D eigenvalue weighted by atomic mass is 16.7. The topological polar surface area (TPSA) is 59.3 Å². The molecular formula is C12H21NO3. The number of carbonyl (C=O) groups excluding carboxylic acids is 1. The van der Waals surface area contributed by atoms with Gasteiger partial charge in [-0.25, -0.2) is 4.79 Å². The molecule has 0 aliphatic heterocycles. The second-order valence-corrected chi connectivity index (χ2v) is 3.62.